The van der Waals surface area contributed by atoms with Gasteiger partial charge in [-0.3, -0.25) is 0 Å². The molecule has 0 amide bonds. The van der Waals surface area contributed by atoms with E-state index in [1.165, 1.54) is 0 Å². The van der Waals surface area contributed by atoms with Crippen molar-refractivity contribution in [2.45, 2.75) is 13.0 Å². The molecule has 0 saturated carbocycles. The molecule has 0 spiro atoms. The summed E-state index contributed by atoms with van der Waals surface area (Å²) in [7, 11) is 1.56. The Kier molecular flexibility index (Phi) is 5.18. The summed E-state index contributed by atoms with van der Waals surface area (Å²) < 4.78 is 16.0. The van der Waals surface area contributed by atoms with Crippen molar-refractivity contribution in [2.75, 3.05) is 20.3 Å². The third kappa shape index (κ3) is 4.25. The minimum atomic E-state index is -0.0154. The Morgan fingerprint density at radius 3 is 2.71 bits per heavy atom. The number of nitrogens with two attached hydrogens (primary N) is 1. The maximum absolute atomic E-state index is 5.60. The molecule has 0 aliphatic heterocycles. The van der Waals surface area contributed by atoms with E-state index in [0.717, 1.165) is 0 Å². The molecule has 0 aliphatic rings. The number of hydrogen-bond donors (Lipinski definition) is 1. The first-order valence-corrected chi connectivity index (χ1v) is 5.30. The van der Waals surface area contributed by atoms with Crippen LogP contribution in [0.4, 0.5) is 0 Å². The predicted octanol–water partition coefficient (Wildman–Crippen LogP) is 1.43. The normalized spacial score (nSPS) is 11.4. The van der Waals surface area contributed by atoms with Crippen molar-refractivity contribution >= 4 is 0 Å². The van der Waals surface area contributed by atoms with Crippen LogP contribution in [0.15, 0.2) is 18.2 Å². The first-order chi connectivity index (χ1) is 8.17. The van der Waals surface area contributed by atoms with Crippen molar-refractivity contribution < 1.29 is 14.2 Å². The second kappa shape index (κ2) is 6.66. The van der Waals surface area contributed by atoms with Crippen molar-refractivity contribution in [2.24, 2.45) is 5.73 Å². The van der Waals surface area contributed by atoms with Gasteiger partial charge in [-0.05, 0) is 19.1 Å². The molecule has 4 nitrogen and oxygen atoms in total. The number of terminal acetylenes is 1. The van der Waals surface area contributed by atoms with Gasteiger partial charge in [-0.25, -0.2) is 0 Å². The molecule has 1 aromatic rings. The summed E-state index contributed by atoms with van der Waals surface area (Å²) in [6.07, 6.45) is 5.12. The Labute approximate surface area is 102 Å². The molecule has 0 bridgehead atoms. The number of rotatable bonds is 6. The standard InChI is InChI=1S/C13H17NO3/c1-4-7-16-12-6-5-11(8-13(12)15-3)17-9-10(2)14/h1,5-6,8,10H,7,9,14H2,2-3H3/t10-/m0/s1. The van der Waals surface area contributed by atoms with E-state index in [1.807, 2.05) is 6.92 Å². The second-order valence-electron chi connectivity index (χ2n) is 3.59. The minimum Gasteiger partial charge on any atom is -0.493 e. The minimum absolute atomic E-state index is 0.0154. The molecule has 0 saturated heterocycles. The van der Waals surface area contributed by atoms with Crippen LogP contribution in [0.1, 0.15) is 6.92 Å². The topological polar surface area (TPSA) is 53.7 Å². The third-order valence-corrected chi connectivity index (χ3v) is 1.96. The SMILES string of the molecule is C#CCOc1ccc(OC[C@H](C)N)cc1OC. The lowest BCUT2D eigenvalue weighted by Crippen LogP contribution is -2.23. The van der Waals surface area contributed by atoms with Crippen LogP contribution in [0.25, 0.3) is 0 Å². The smallest absolute Gasteiger partial charge is 0.164 e. The van der Waals surface area contributed by atoms with E-state index in [1.54, 1.807) is 25.3 Å². The highest BCUT2D eigenvalue weighted by Gasteiger charge is 2.06. The molecule has 1 rings (SSSR count). The van der Waals surface area contributed by atoms with E-state index < -0.39 is 0 Å². The van der Waals surface area contributed by atoms with Crippen LogP contribution >= 0.6 is 0 Å². The van der Waals surface area contributed by atoms with Gasteiger partial charge >= 0.3 is 0 Å². The van der Waals surface area contributed by atoms with E-state index in [2.05, 4.69) is 5.92 Å². The summed E-state index contributed by atoms with van der Waals surface area (Å²) in [4.78, 5) is 0. The fourth-order valence-electron chi connectivity index (χ4n) is 1.20. The molecule has 17 heavy (non-hydrogen) atoms. The summed E-state index contributed by atoms with van der Waals surface area (Å²) in [6.45, 7) is 2.53. The van der Waals surface area contributed by atoms with Gasteiger partial charge in [0.15, 0.2) is 11.5 Å². The van der Waals surface area contributed by atoms with Crippen LogP contribution in [0, 0.1) is 12.3 Å². The van der Waals surface area contributed by atoms with Crippen LogP contribution in [0.2, 0.25) is 0 Å². The summed E-state index contributed by atoms with van der Waals surface area (Å²) in [5.74, 6) is 4.27. The monoisotopic (exact) mass is 235 g/mol. The molecule has 0 radical (unpaired) electrons. The van der Waals surface area contributed by atoms with Gasteiger partial charge in [0.2, 0.25) is 0 Å². The zero-order valence-electron chi connectivity index (χ0n) is 10.1. The van der Waals surface area contributed by atoms with Crippen molar-refractivity contribution in [3.63, 3.8) is 0 Å². The molecule has 92 valence electrons. The Balaban J connectivity index is 2.74. The lowest BCUT2D eigenvalue weighted by molar-refractivity contribution is 0.290. The molecular formula is C13H17NO3. The quantitative estimate of drug-likeness (QED) is 0.758. The first-order valence-electron chi connectivity index (χ1n) is 5.30. The first kappa shape index (κ1) is 13.2. The molecular weight excluding hydrogens is 218 g/mol. The highest BCUT2D eigenvalue weighted by atomic mass is 16.5. The summed E-state index contributed by atoms with van der Waals surface area (Å²) in [5, 5.41) is 0. The summed E-state index contributed by atoms with van der Waals surface area (Å²) in [6, 6.07) is 5.27. The Morgan fingerprint density at radius 2 is 2.12 bits per heavy atom. The summed E-state index contributed by atoms with van der Waals surface area (Å²) >= 11 is 0. The Bertz CT molecular complexity index is 396. The van der Waals surface area contributed by atoms with Crippen molar-refractivity contribution in [3.05, 3.63) is 18.2 Å². The van der Waals surface area contributed by atoms with Crippen molar-refractivity contribution in [3.8, 4) is 29.6 Å². The predicted molar refractivity (Wildman–Crippen MR) is 66.5 cm³/mol. The van der Waals surface area contributed by atoms with Gasteiger partial charge in [0, 0.05) is 12.1 Å². The van der Waals surface area contributed by atoms with E-state index in [4.69, 9.17) is 26.4 Å². The highest BCUT2D eigenvalue weighted by molar-refractivity contribution is 5.45. The molecule has 0 aliphatic carbocycles. The molecule has 0 aromatic heterocycles. The lowest BCUT2D eigenvalue weighted by Gasteiger charge is -2.12. The average Bonchev–Trinajstić information content (AvgIpc) is 2.34. The van der Waals surface area contributed by atoms with Crippen LogP contribution in [0.3, 0.4) is 0 Å². The lowest BCUT2D eigenvalue weighted by atomic mass is 10.3. The van der Waals surface area contributed by atoms with Crippen LogP contribution in [0.5, 0.6) is 17.2 Å². The van der Waals surface area contributed by atoms with Gasteiger partial charge in [-0.1, -0.05) is 5.92 Å². The third-order valence-electron chi connectivity index (χ3n) is 1.96. The van der Waals surface area contributed by atoms with Gasteiger partial charge in [0.05, 0.1) is 7.11 Å². The maximum Gasteiger partial charge on any atom is 0.164 e. The van der Waals surface area contributed by atoms with Crippen molar-refractivity contribution in [1.29, 1.82) is 0 Å². The van der Waals surface area contributed by atoms with Crippen molar-refractivity contribution in [1.82, 2.24) is 0 Å². The van der Waals surface area contributed by atoms with E-state index in [-0.39, 0.29) is 12.6 Å². The summed E-state index contributed by atoms with van der Waals surface area (Å²) in [5.41, 5.74) is 5.60. The van der Waals surface area contributed by atoms with Gasteiger partial charge < -0.3 is 19.9 Å². The molecule has 0 fully saturated rings. The van der Waals surface area contributed by atoms with Gasteiger partial charge in [0.1, 0.15) is 19.0 Å². The molecule has 0 unspecified atom stereocenters. The number of methoxy groups -OCH3 is 1. The molecule has 4 heteroatoms. The molecule has 1 atom stereocenters. The average molecular weight is 235 g/mol. The van der Waals surface area contributed by atoms with E-state index in [0.29, 0.717) is 23.9 Å². The van der Waals surface area contributed by atoms with Gasteiger partial charge in [0.25, 0.3) is 0 Å². The Morgan fingerprint density at radius 1 is 1.35 bits per heavy atom. The molecule has 1 aromatic carbocycles. The number of benzene rings is 1. The maximum atomic E-state index is 5.60. The van der Waals surface area contributed by atoms with E-state index >= 15 is 0 Å². The fourth-order valence-corrected chi connectivity index (χ4v) is 1.20. The van der Waals surface area contributed by atoms with E-state index in [9.17, 15) is 0 Å². The van der Waals surface area contributed by atoms with Crippen LogP contribution < -0.4 is 19.9 Å². The van der Waals surface area contributed by atoms with Gasteiger partial charge in [-0.15, -0.1) is 6.42 Å². The Hall–Kier alpha value is -1.86. The van der Waals surface area contributed by atoms with Gasteiger partial charge in [-0.2, -0.15) is 0 Å². The largest absolute Gasteiger partial charge is 0.493 e. The zero-order valence-corrected chi connectivity index (χ0v) is 10.1. The molecule has 0 heterocycles. The fraction of sp³-hybridized carbons (Fsp3) is 0.385. The number of ether oxygens (including phenoxy) is 3. The molecule has 2 N–H and O–H groups in total. The number of hydrogen-bond acceptors (Lipinski definition) is 4. The highest BCUT2D eigenvalue weighted by Crippen LogP contribution is 2.31. The second-order valence-corrected chi connectivity index (χ2v) is 3.59. The zero-order chi connectivity index (χ0) is 12.7. The van der Waals surface area contributed by atoms with Crippen LogP contribution in [-0.2, 0) is 0 Å². The van der Waals surface area contributed by atoms with Crippen LogP contribution in [-0.4, -0.2) is 26.4 Å².